The van der Waals surface area contributed by atoms with E-state index in [-0.39, 0.29) is 40.6 Å². The molecule has 1 N–H and O–H groups in total. The van der Waals surface area contributed by atoms with Gasteiger partial charge in [-0.15, -0.1) is 0 Å². The highest BCUT2D eigenvalue weighted by Crippen LogP contribution is 2.38. The molecule has 0 bridgehead atoms. The van der Waals surface area contributed by atoms with Crippen molar-refractivity contribution in [1.82, 2.24) is 10.2 Å². The van der Waals surface area contributed by atoms with Crippen LogP contribution in [0.2, 0.25) is 0 Å². The first-order chi connectivity index (χ1) is 23.1. The zero-order chi connectivity index (χ0) is 34.8. The zero-order valence-electron chi connectivity index (χ0n) is 28.4. The van der Waals surface area contributed by atoms with E-state index in [1.807, 2.05) is 13.0 Å². The molecule has 1 atom stereocenters. The minimum Gasteiger partial charge on any atom is -0.497 e. The lowest BCUT2D eigenvalue weighted by Crippen LogP contribution is -2.53. The van der Waals surface area contributed by atoms with Crippen LogP contribution in [0.3, 0.4) is 0 Å². The van der Waals surface area contributed by atoms with Crippen LogP contribution in [-0.2, 0) is 26.2 Å². The predicted octanol–water partition coefficient (Wildman–Crippen LogP) is 4.79. The van der Waals surface area contributed by atoms with Gasteiger partial charge in [0.2, 0.25) is 11.8 Å². The maximum absolute atomic E-state index is 14.6. The number of hydrogen-bond acceptors (Lipinski definition) is 9. The molecule has 1 saturated carbocycles. The van der Waals surface area contributed by atoms with Crippen molar-refractivity contribution in [2.75, 3.05) is 46.4 Å². The van der Waals surface area contributed by atoms with E-state index in [0.29, 0.717) is 29.2 Å². The fraction of sp³-hybridized carbons (Fsp3) is 0.429. The van der Waals surface area contributed by atoms with Crippen LogP contribution in [-0.4, -0.2) is 79.3 Å². The summed E-state index contributed by atoms with van der Waals surface area (Å²) in [5, 5.41) is 3.12. The Morgan fingerprint density at radius 2 is 1.46 bits per heavy atom. The van der Waals surface area contributed by atoms with Crippen LogP contribution < -0.4 is 33.3 Å². The van der Waals surface area contributed by atoms with Crippen LogP contribution in [0.15, 0.2) is 65.6 Å². The van der Waals surface area contributed by atoms with Gasteiger partial charge in [-0.1, -0.05) is 31.9 Å². The molecule has 0 radical (unpaired) electrons. The molecule has 12 nitrogen and oxygen atoms in total. The maximum Gasteiger partial charge on any atom is 0.265 e. The van der Waals surface area contributed by atoms with E-state index >= 15 is 0 Å². The molecule has 0 heterocycles. The van der Waals surface area contributed by atoms with Gasteiger partial charge < -0.3 is 33.9 Å². The molecule has 3 aromatic carbocycles. The Morgan fingerprint density at radius 1 is 0.812 bits per heavy atom. The Labute approximate surface area is 282 Å². The number of nitrogens with one attached hydrogen (secondary N) is 1. The van der Waals surface area contributed by atoms with Gasteiger partial charge in [0, 0.05) is 24.7 Å². The van der Waals surface area contributed by atoms with Gasteiger partial charge in [-0.3, -0.25) is 13.9 Å². The molecule has 1 aliphatic carbocycles. The summed E-state index contributed by atoms with van der Waals surface area (Å²) >= 11 is 0. The normalized spacial score (nSPS) is 13.7. The highest BCUT2D eigenvalue weighted by molar-refractivity contribution is 7.92. The predicted molar refractivity (Wildman–Crippen MR) is 182 cm³/mol. The second kappa shape index (κ2) is 16.4. The van der Waals surface area contributed by atoms with Crippen LogP contribution in [0.5, 0.6) is 28.7 Å². The van der Waals surface area contributed by atoms with Gasteiger partial charge in [-0.2, -0.15) is 0 Å². The molecule has 0 spiro atoms. The van der Waals surface area contributed by atoms with E-state index in [0.717, 1.165) is 30.0 Å². The minimum absolute atomic E-state index is 0.0308. The van der Waals surface area contributed by atoms with Crippen molar-refractivity contribution >= 4 is 27.5 Å². The average Bonchev–Trinajstić information content (AvgIpc) is 3.62. The smallest absolute Gasteiger partial charge is 0.265 e. The lowest BCUT2D eigenvalue weighted by Gasteiger charge is -2.34. The molecule has 4 rings (SSSR count). The number of anilines is 1. The molecule has 13 heteroatoms. The second-order valence-corrected chi connectivity index (χ2v) is 13.2. The summed E-state index contributed by atoms with van der Waals surface area (Å²) < 4.78 is 57.1. The number of methoxy groups -OCH3 is 5. The zero-order valence-corrected chi connectivity index (χ0v) is 29.2. The molecular weight excluding hydrogens is 638 g/mol. The Bertz CT molecular complexity index is 1680. The monoisotopic (exact) mass is 683 g/mol. The lowest BCUT2D eigenvalue weighted by molar-refractivity contribution is -0.140. The van der Waals surface area contributed by atoms with Crippen molar-refractivity contribution in [3.8, 4) is 28.7 Å². The summed E-state index contributed by atoms with van der Waals surface area (Å²) in [6.07, 6.45) is 4.11. The van der Waals surface area contributed by atoms with Crippen LogP contribution in [0.4, 0.5) is 5.69 Å². The Balaban J connectivity index is 1.82. The minimum atomic E-state index is -4.46. The van der Waals surface area contributed by atoms with Crippen molar-refractivity contribution in [3.63, 3.8) is 0 Å². The van der Waals surface area contributed by atoms with Crippen molar-refractivity contribution in [2.24, 2.45) is 0 Å². The molecule has 0 saturated heterocycles. The van der Waals surface area contributed by atoms with Gasteiger partial charge in [0.25, 0.3) is 10.0 Å². The SMILES string of the molecule is CCC(C(=O)NC1CCCC1)N(Cc1cccc(OC)c1)C(=O)CN(c1cc(OC)ccc1OC)S(=O)(=O)c1ccc(OC)c(OC)c1. The first-order valence-electron chi connectivity index (χ1n) is 15.8. The van der Waals surface area contributed by atoms with Gasteiger partial charge in [0.1, 0.15) is 29.8 Å². The third kappa shape index (κ3) is 8.25. The number of carbonyl (C=O) groups excluding carboxylic acids is 2. The van der Waals surface area contributed by atoms with Crippen LogP contribution in [0.1, 0.15) is 44.6 Å². The van der Waals surface area contributed by atoms with E-state index in [4.69, 9.17) is 23.7 Å². The number of nitrogens with zero attached hydrogens (tertiary/aromatic N) is 2. The highest BCUT2D eigenvalue weighted by atomic mass is 32.2. The summed E-state index contributed by atoms with van der Waals surface area (Å²) in [7, 11) is 2.79. The quantitative estimate of drug-likeness (QED) is 0.226. The summed E-state index contributed by atoms with van der Waals surface area (Å²) in [4.78, 5) is 29.6. The Hall–Kier alpha value is -4.65. The standard InChI is InChI=1S/C35H45N3O9S/c1-7-29(35(40)36-25-12-8-9-13-25)37(22-24-11-10-14-26(19-24)43-2)34(39)23-38(30-20-27(44-3)15-17-31(30)45-4)48(41,42)28-16-18-32(46-5)33(21-28)47-6/h10-11,14-21,25,29H,7-9,12-13,22-23H2,1-6H3,(H,36,40). The third-order valence-electron chi connectivity index (χ3n) is 8.45. The van der Waals surface area contributed by atoms with Crippen molar-refractivity contribution in [3.05, 3.63) is 66.2 Å². The molecule has 2 amide bonds. The first-order valence-corrected chi connectivity index (χ1v) is 17.2. The summed E-state index contributed by atoms with van der Waals surface area (Å²) in [6.45, 7) is 1.21. The van der Waals surface area contributed by atoms with Gasteiger partial charge in [-0.25, -0.2) is 8.42 Å². The van der Waals surface area contributed by atoms with Gasteiger partial charge in [0.05, 0.1) is 46.1 Å². The average molecular weight is 684 g/mol. The molecular formula is C35H45N3O9S. The molecule has 1 unspecified atom stereocenters. The molecule has 0 aliphatic heterocycles. The van der Waals surface area contributed by atoms with Crippen molar-refractivity contribution in [1.29, 1.82) is 0 Å². The first kappa shape index (κ1) is 36.2. The molecule has 3 aromatic rings. The number of carbonyl (C=O) groups is 2. The van der Waals surface area contributed by atoms with Crippen LogP contribution >= 0.6 is 0 Å². The van der Waals surface area contributed by atoms with E-state index in [1.54, 1.807) is 37.4 Å². The summed E-state index contributed by atoms with van der Waals surface area (Å²) in [6, 6.07) is 15.2. The molecule has 1 fully saturated rings. The molecule has 0 aromatic heterocycles. The highest BCUT2D eigenvalue weighted by Gasteiger charge is 2.36. The second-order valence-electron chi connectivity index (χ2n) is 11.4. The Morgan fingerprint density at radius 3 is 2.08 bits per heavy atom. The summed E-state index contributed by atoms with van der Waals surface area (Å²) in [5.41, 5.74) is 0.785. The van der Waals surface area contributed by atoms with E-state index < -0.39 is 28.5 Å². The third-order valence-corrected chi connectivity index (χ3v) is 10.2. The molecule has 1 aliphatic rings. The van der Waals surface area contributed by atoms with E-state index in [1.165, 1.54) is 57.6 Å². The molecule has 48 heavy (non-hydrogen) atoms. The number of hydrogen-bond donors (Lipinski definition) is 1. The van der Waals surface area contributed by atoms with Crippen LogP contribution in [0.25, 0.3) is 0 Å². The number of benzene rings is 3. The topological polar surface area (TPSA) is 133 Å². The van der Waals surface area contributed by atoms with Gasteiger partial charge >= 0.3 is 0 Å². The molecule has 260 valence electrons. The van der Waals surface area contributed by atoms with Gasteiger partial charge in [0.15, 0.2) is 11.5 Å². The fourth-order valence-corrected chi connectivity index (χ4v) is 7.30. The number of ether oxygens (including phenoxy) is 5. The number of rotatable bonds is 16. The lowest BCUT2D eigenvalue weighted by atomic mass is 10.1. The maximum atomic E-state index is 14.6. The van der Waals surface area contributed by atoms with Gasteiger partial charge in [-0.05, 0) is 61.2 Å². The number of amides is 2. The Kier molecular flexibility index (Phi) is 12.4. The summed E-state index contributed by atoms with van der Waals surface area (Å²) in [5.74, 6) is 0.772. The van der Waals surface area contributed by atoms with E-state index in [2.05, 4.69) is 5.32 Å². The van der Waals surface area contributed by atoms with Crippen molar-refractivity contribution in [2.45, 2.75) is 62.6 Å². The van der Waals surface area contributed by atoms with E-state index in [9.17, 15) is 18.0 Å². The number of sulfonamides is 1. The fourth-order valence-electron chi connectivity index (χ4n) is 5.86. The van der Waals surface area contributed by atoms with Crippen molar-refractivity contribution < 1.29 is 41.7 Å². The largest absolute Gasteiger partial charge is 0.497 e. The van der Waals surface area contributed by atoms with Crippen LogP contribution in [0, 0.1) is 0 Å².